The maximum absolute atomic E-state index is 8.76. The van der Waals surface area contributed by atoms with Gasteiger partial charge in [-0.05, 0) is 73.0 Å². The van der Waals surface area contributed by atoms with Crippen molar-refractivity contribution in [3.05, 3.63) is 28.2 Å². The van der Waals surface area contributed by atoms with Crippen LogP contribution < -0.4 is 10.6 Å². The van der Waals surface area contributed by atoms with Crippen LogP contribution in [0.25, 0.3) is 0 Å². The van der Waals surface area contributed by atoms with Crippen LogP contribution in [0.15, 0.2) is 27.8 Å². The van der Waals surface area contributed by atoms with Crippen LogP contribution in [-0.4, -0.2) is 49.7 Å². The van der Waals surface area contributed by atoms with E-state index in [0.717, 1.165) is 22.6 Å². The van der Waals surface area contributed by atoms with Gasteiger partial charge < -0.3 is 20.7 Å². The molecule has 116 valence electrons. The summed E-state index contributed by atoms with van der Waals surface area (Å²) in [5.74, 6) is 0.861. The predicted molar refractivity (Wildman–Crippen MR) is 90.1 cm³/mol. The van der Waals surface area contributed by atoms with E-state index >= 15 is 0 Å². The zero-order valence-corrected chi connectivity index (χ0v) is 14.2. The second kappa shape index (κ2) is 7.13. The van der Waals surface area contributed by atoms with Gasteiger partial charge in [-0.3, -0.25) is 0 Å². The summed E-state index contributed by atoms with van der Waals surface area (Å²) in [6.07, 6.45) is 2.51. The molecule has 1 saturated heterocycles. The third-order valence-corrected chi connectivity index (χ3v) is 4.80. The number of halogens is 1. The first-order chi connectivity index (χ1) is 10.0. The lowest BCUT2D eigenvalue weighted by atomic mass is 9.96. The molecule has 0 radical (unpaired) electrons. The summed E-state index contributed by atoms with van der Waals surface area (Å²) in [5, 5.41) is 11.8. The third kappa shape index (κ3) is 4.11. The number of hydrogen-bond donors (Lipinski definition) is 2. The van der Waals surface area contributed by atoms with Gasteiger partial charge in [-0.15, -0.1) is 0 Å². The van der Waals surface area contributed by atoms with E-state index in [0.29, 0.717) is 5.56 Å². The topological polar surface area (TPSA) is 65.1 Å². The van der Waals surface area contributed by atoms with Gasteiger partial charge in [-0.1, -0.05) is 5.16 Å². The fourth-order valence-electron chi connectivity index (χ4n) is 2.74. The van der Waals surface area contributed by atoms with Gasteiger partial charge in [0.25, 0.3) is 0 Å². The molecule has 3 N–H and O–H groups in total. The zero-order valence-electron chi connectivity index (χ0n) is 12.6. The molecule has 5 nitrogen and oxygen atoms in total. The second-order valence-electron chi connectivity index (χ2n) is 5.78. The summed E-state index contributed by atoms with van der Waals surface area (Å²) in [5.41, 5.74) is 7.47. The smallest absolute Gasteiger partial charge is 0.171 e. The number of nitrogens with two attached hydrogens (primary N) is 1. The molecule has 0 spiro atoms. The van der Waals surface area contributed by atoms with Crippen molar-refractivity contribution in [3.63, 3.8) is 0 Å². The van der Waals surface area contributed by atoms with E-state index in [9.17, 15) is 0 Å². The Hall–Kier alpha value is -1.27. The summed E-state index contributed by atoms with van der Waals surface area (Å²) in [6.45, 7) is 3.43. The van der Waals surface area contributed by atoms with Crippen molar-refractivity contribution in [3.8, 4) is 0 Å². The number of anilines is 1. The van der Waals surface area contributed by atoms with Crippen molar-refractivity contribution in [2.75, 3.05) is 38.6 Å². The fourth-order valence-corrected chi connectivity index (χ4v) is 3.31. The van der Waals surface area contributed by atoms with Gasteiger partial charge in [0, 0.05) is 29.3 Å². The van der Waals surface area contributed by atoms with Crippen LogP contribution in [0.2, 0.25) is 0 Å². The maximum Gasteiger partial charge on any atom is 0.171 e. The first-order valence-electron chi connectivity index (χ1n) is 7.18. The lowest BCUT2D eigenvalue weighted by Gasteiger charge is -2.32. The Morgan fingerprint density at radius 1 is 1.48 bits per heavy atom. The van der Waals surface area contributed by atoms with Crippen molar-refractivity contribution >= 4 is 27.5 Å². The number of nitrogens with zero attached hydrogens (tertiary/aromatic N) is 3. The molecule has 0 amide bonds. The predicted octanol–water partition coefficient (Wildman–Crippen LogP) is 2.32. The maximum atomic E-state index is 8.76. The highest BCUT2D eigenvalue weighted by Crippen LogP contribution is 2.25. The molecule has 0 aromatic heterocycles. The highest BCUT2D eigenvalue weighted by Gasteiger charge is 2.18. The van der Waals surface area contributed by atoms with Crippen LogP contribution in [0.1, 0.15) is 18.4 Å². The van der Waals surface area contributed by atoms with Crippen LogP contribution in [0.4, 0.5) is 5.69 Å². The summed E-state index contributed by atoms with van der Waals surface area (Å²) in [6, 6.07) is 5.90. The number of benzene rings is 1. The minimum absolute atomic E-state index is 0.117. The molecule has 1 aliphatic rings. The average Bonchev–Trinajstić information content (AvgIpc) is 2.48. The Labute approximate surface area is 134 Å². The SMILES string of the molecule is CN1CCC(CN(C)c2ccc(/C(N)=N/O)c(Br)c2)CC1. The molecule has 0 aliphatic carbocycles. The molecule has 0 saturated carbocycles. The first kappa shape index (κ1) is 16.1. The molecule has 1 aromatic carbocycles. The van der Waals surface area contributed by atoms with Crippen LogP contribution in [-0.2, 0) is 0 Å². The lowest BCUT2D eigenvalue weighted by Crippen LogP contribution is -2.35. The Kier molecular flexibility index (Phi) is 5.47. The summed E-state index contributed by atoms with van der Waals surface area (Å²) in [4.78, 5) is 4.66. The minimum Gasteiger partial charge on any atom is -0.409 e. The molecular weight excluding hydrogens is 332 g/mol. The van der Waals surface area contributed by atoms with Gasteiger partial charge in [0.1, 0.15) is 0 Å². The number of likely N-dealkylation sites (tertiary alicyclic amines) is 1. The molecule has 6 heteroatoms. The first-order valence-corrected chi connectivity index (χ1v) is 7.97. The Balaban J connectivity index is 2.02. The number of piperidine rings is 1. The van der Waals surface area contributed by atoms with E-state index in [4.69, 9.17) is 10.9 Å². The zero-order chi connectivity index (χ0) is 15.4. The molecule has 1 aromatic rings. The molecule has 0 bridgehead atoms. The van der Waals surface area contributed by atoms with Gasteiger partial charge in [0.05, 0.1) is 0 Å². The van der Waals surface area contributed by atoms with E-state index in [1.165, 1.54) is 25.9 Å². The summed E-state index contributed by atoms with van der Waals surface area (Å²) >= 11 is 3.48. The Bertz CT molecular complexity index is 512. The molecule has 2 rings (SSSR count). The molecule has 0 unspecified atom stereocenters. The quantitative estimate of drug-likeness (QED) is 0.377. The van der Waals surface area contributed by atoms with Gasteiger partial charge in [0.15, 0.2) is 5.84 Å². The molecule has 1 fully saturated rings. The van der Waals surface area contributed by atoms with Crippen LogP contribution >= 0.6 is 15.9 Å². The highest BCUT2D eigenvalue weighted by atomic mass is 79.9. The minimum atomic E-state index is 0.117. The fraction of sp³-hybridized carbons (Fsp3) is 0.533. The Morgan fingerprint density at radius 3 is 2.71 bits per heavy atom. The number of hydrogen-bond acceptors (Lipinski definition) is 4. The number of oxime groups is 1. The second-order valence-corrected chi connectivity index (χ2v) is 6.63. The van der Waals surface area contributed by atoms with E-state index < -0.39 is 0 Å². The van der Waals surface area contributed by atoms with Crippen molar-refractivity contribution in [1.29, 1.82) is 0 Å². The molecule has 1 heterocycles. The number of rotatable bonds is 4. The summed E-state index contributed by atoms with van der Waals surface area (Å²) < 4.78 is 0.838. The summed E-state index contributed by atoms with van der Waals surface area (Å²) in [7, 11) is 4.30. The van der Waals surface area contributed by atoms with Gasteiger partial charge in [-0.2, -0.15) is 0 Å². The van der Waals surface area contributed by atoms with Crippen molar-refractivity contribution in [2.45, 2.75) is 12.8 Å². The Morgan fingerprint density at radius 2 is 2.14 bits per heavy atom. The normalized spacial score (nSPS) is 18.0. The number of amidine groups is 1. The van der Waals surface area contributed by atoms with E-state index in [1.54, 1.807) is 0 Å². The van der Waals surface area contributed by atoms with E-state index in [2.05, 4.69) is 45.0 Å². The van der Waals surface area contributed by atoms with Crippen molar-refractivity contribution in [2.24, 2.45) is 16.8 Å². The lowest BCUT2D eigenvalue weighted by molar-refractivity contribution is 0.222. The van der Waals surface area contributed by atoms with E-state index in [-0.39, 0.29) is 5.84 Å². The van der Waals surface area contributed by atoms with Gasteiger partial charge >= 0.3 is 0 Å². The van der Waals surface area contributed by atoms with Crippen molar-refractivity contribution < 1.29 is 5.21 Å². The average molecular weight is 355 g/mol. The highest BCUT2D eigenvalue weighted by molar-refractivity contribution is 9.10. The van der Waals surface area contributed by atoms with Gasteiger partial charge in [0.2, 0.25) is 0 Å². The van der Waals surface area contributed by atoms with Crippen molar-refractivity contribution in [1.82, 2.24) is 4.90 Å². The largest absolute Gasteiger partial charge is 0.409 e. The van der Waals surface area contributed by atoms with Crippen LogP contribution in [0.5, 0.6) is 0 Å². The molecule has 1 aliphatic heterocycles. The third-order valence-electron chi connectivity index (χ3n) is 4.15. The molecular formula is C15H23BrN4O. The molecule has 21 heavy (non-hydrogen) atoms. The van der Waals surface area contributed by atoms with E-state index in [1.807, 2.05) is 18.2 Å². The standard InChI is InChI=1S/C15H23BrN4O/c1-19-7-5-11(6-8-19)10-20(2)12-3-4-13(14(16)9-12)15(17)18-21/h3-4,9,11,21H,5-8,10H2,1-2H3,(H2,17,18). The van der Waals surface area contributed by atoms with Crippen LogP contribution in [0.3, 0.4) is 0 Å². The van der Waals surface area contributed by atoms with Crippen LogP contribution in [0, 0.1) is 5.92 Å². The molecule has 0 atom stereocenters. The van der Waals surface area contributed by atoms with Gasteiger partial charge in [-0.25, -0.2) is 0 Å². The monoisotopic (exact) mass is 354 g/mol.